The summed E-state index contributed by atoms with van der Waals surface area (Å²) in [6, 6.07) is 8.70. The van der Waals surface area contributed by atoms with Crippen molar-refractivity contribution in [2.45, 2.75) is 57.5 Å². The first-order valence-corrected chi connectivity index (χ1v) is 6.91. The van der Waals surface area contributed by atoms with Crippen LogP contribution in [0.4, 0.5) is 0 Å². The molecule has 0 fully saturated rings. The second-order valence-corrected chi connectivity index (χ2v) is 6.70. The highest BCUT2D eigenvalue weighted by Gasteiger charge is 2.36. The molecule has 0 aromatic heterocycles. The van der Waals surface area contributed by atoms with Crippen LogP contribution >= 0.6 is 0 Å². The van der Waals surface area contributed by atoms with Crippen molar-refractivity contribution in [1.29, 1.82) is 0 Å². The summed E-state index contributed by atoms with van der Waals surface area (Å²) in [4.78, 5) is 11.5. The van der Waals surface area contributed by atoms with Gasteiger partial charge in [0.1, 0.15) is 0 Å². The van der Waals surface area contributed by atoms with Crippen LogP contribution in [-0.4, -0.2) is 11.4 Å². The highest BCUT2D eigenvalue weighted by Crippen LogP contribution is 2.41. The molecule has 1 aromatic carbocycles. The number of hydrogen-bond acceptors (Lipinski definition) is 2. The van der Waals surface area contributed by atoms with E-state index in [1.54, 1.807) is 0 Å². The largest absolute Gasteiger partial charge is 0.368 e. The van der Waals surface area contributed by atoms with Crippen LogP contribution in [0.1, 0.15) is 57.7 Å². The van der Waals surface area contributed by atoms with Gasteiger partial charge in [-0.3, -0.25) is 10.1 Å². The van der Waals surface area contributed by atoms with E-state index in [0.29, 0.717) is 0 Å². The molecule has 0 heterocycles. The maximum absolute atomic E-state index is 11.5. The minimum atomic E-state index is -0.681. The van der Waals surface area contributed by atoms with Gasteiger partial charge in [-0.05, 0) is 43.2 Å². The van der Waals surface area contributed by atoms with Crippen molar-refractivity contribution in [3.05, 3.63) is 35.4 Å². The van der Waals surface area contributed by atoms with Gasteiger partial charge in [0.15, 0.2) is 0 Å². The lowest BCUT2D eigenvalue weighted by Crippen LogP contribution is -2.52. The van der Waals surface area contributed by atoms with E-state index in [4.69, 9.17) is 5.73 Å². The minimum absolute atomic E-state index is 0.200. The lowest BCUT2D eigenvalue weighted by Gasteiger charge is -2.40. The number of primary amides is 1. The van der Waals surface area contributed by atoms with Gasteiger partial charge in [-0.1, -0.05) is 38.1 Å². The van der Waals surface area contributed by atoms with Gasteiger partial charge in [-0.2, -0.15) is 0 Å². The zero-order chi connectivity index (χ0) is 14.3. The molecule has 2 rings (SSSR count). The Balaban J connectivity index is 2.33. The molecule has 0 spiro atoms. The molecule has 0 bridgehead atoms. The van der Waals surface area contributed by atoms with Crippen LogP contribution in [0.3, 0.4) is 0 Å². The minimum Gasteiger partial charge on any atom is -0.368 e. The zero-order valence-corrected chi connectivity index (χ0v) is 12.3. The van der Waals surface area contributed by atoms with E-state index in [1.165, 1.54) is 11.1 Å². The number of carbonyl (C=O) groups excluding carboxylic acids is 1. The topological polar surface area (TPSA) is 55.1 Å². The molecule has 104 valence electrons. The number of fused-ring (bicyclic) bond motifs is 1. The Hall–Kier alpha value is -1.35. The van der Waals surface area contributed by atoms with Crippen LogP contribution in [0.25, 0.3) is 0 Å². The highest BCUT2D eigenvalue weighted by atomic mass is 16.1. The van der Waals surface area contributed by atoms with Crippen LogP contribution < -0.4 is 11.1 Å². The van der Waals surface area contributed by atoms with E-state index < -0.39 is 5.54 Å². The van der Waals surface area contributed by atoms with Gasteiger partial charge in [0, 0.05) is 6.04 Å². The van der Waals surface area contributed by atoms with Crippen LogP contribution in [-0.2, 0) is 10.2 Å². The number of carbonyl (C=O) groups is 1. The zero-order valence-electron chi connectivity index (χ0n) is 12.3. The number of nitrogens with two attached hydrogens (primary N) is 1. The first-order chi connectivity index (χ1) is 8.74. The van der Waals surface area contributed by atoms with E-state index >= 15 is 0 Å². The standard InChI is InChI=1S/C16H24N2O/c1-15(2)10-9-13(18-16(3,4)14(17)19)11-7-5-6-8-12(11)15/h5-8,13,18H,9-10H2,1-4H3,(H2,17,19). The van der Waals surface area contributed by atoms with Gasteiger partial charge in [-0.25, -0.2) is 0 Å². The van der Waals surface area contributed by atoms with E-state index in [0.717, 1.165) is 12.8 Å². The molecular weight excluding hydrogens is 236 g/mol. The molecule has 0 aliphatic heterocycles. The van der Waals surface area contributed by atoms with E-state index in [1.807, 2.05) is 13.8 Å². The van der Waals surface area contributed by atoms with Gasteiger partial charge < -0.3 is 5.73 Å². The van der Waals surface area contributed by atoms with Crippen molar-refractivity contribution < 1.29 is 4.79 Å². The Morgan fingerprint density at radius 3 is 2.63 bits per heavy atom. The Bertz CT molecular complexity index is 491. The molecular formula is C16H24N2O. The van der Waals surface area contributed by atoms with Crippen LogP contribution in [0.15, 0.2) is 24.3 Å². The van der Waals surface area contributed by atoms with Gasteiger partial charge in [0.25, 0.3) is 0 Å². The lowest BCUT2D eigenvalue weighted by atomic mass is 9.70. The molecule has 1 aliphatic carbocycles. The second kappa shape index (κ2) is 4.64. The normalized spacial score (nSPS) is 21.8. The fourth-order valence-electron chi connectivity index (χ4n) is 2.87. The van der Waals surface area contributed by atoms with Gasteiger partial charge in [-0.15, -0.1) is 0 Å². The van der Waals surface area contributed by atoms with Crippen LogP contribution in [0.2, 0.25) is 0 Å². The molecule has 1 aliphatic rings. The van der Waals surface area contributed by atoms with Gasteiger partial charge in [0.05, 0.1) is 5.54 Å². The van der Waals surface area contributed by atoms with Crippen molar-refractivity contribution in [1.82, 2.24) is 5.32 Å². The third-order valence-electron chi connectivity index (χ3n) is 4.27. The smallest absolute Gasteiger partial charge is 0.237 e. The summed E-state index contributed by atoms with van der Waals surface area (Å²) in [6.07, 6.45) is 2.14. The molecule has 1 amide bonds. The first kappa shape index (κ1) is 14.1. The van der Waals surface area contributed by atoms with Crippen molar-refractivity contribution >= 4 is 5.91 Å². The SMILES string of the molecule is CC(C)(NC1CCC(C)(C)c2ccccc21)C(N)=O. The van der Waals surface area contributed by atoms with Crippen molar-refractivity contribution in [2.24, 2.45) is 5.73 Å². The predicted octanol–water partition coefficient (Wildman–Crippen LogP) is 2.65. The molecule has 0 saturated carbocycles. The maximum atomic E-state index is 11.5. The van der Waals surface area contributed by atoms with Gasteiger partial charge in [0.2, 0.25) is 5.91 Å². The summed E-state index contributed by atoms with van der Waals surface area (Å²) in [5.74, 6) is -0.310. The average Bonchev–Trinajstić information content (AvgIpc) is 2.33. The molecule has 3 heteroatoms. The third-order valence-corrected chi connectivity index (χ3v) is 4.27. The van der Waals surface area contributed by atoms with E-state index in [9.17, 15) is 4.79 Å². The van der Waals surface area contributed by atoms with Crippen molar-refractivity contribution in [3.63, 3.8) is 0 Å². The molecule has 3 N–H and O–H groups in total. The Morgan fingerprint density at radius 1 is 1.37 bits per heavy atom. The second-order valence-electron chi connectivity index (χ2n) is 6.70. The monoisotopic (exact) mass is 260 g/mol. The molecule has 1 unspecified atom stereocenters. The summed E-state index contributed by atoms with van der Waals surface area (Å²) in [5, 5.41) is 3.41. The molecule has 0 saturated heterocycles. The molecule has 1 aromatic rings. The van der Waals surface area contributed by atoms with Crippen molar-refractivity contribution in [2.75, 3.05) is 0 Å². The van der Waals surface area contributed by atoms with Crippen molar-refractivity contribution in [3.8, 4) is 0 Å². The fourth-order valence-corrected chi connectivity index (χ4v) is 2.87. The number of nitrogens with one attached hydrogen (secondary N) is 1. The number of rotatable bonds is 3. The Kier molecular flexibility index (Phi) is 3.43. The summed E-state index contributed by atoms with van der Waals surface area (Å²) in [7, 11) is 0. The van der Waals surface area contributed by atoms with E-state index in [2.05, 4.69) is 43.4 Å². The molecule has 0 radical (unpaired) electrons. The lowest BCUT2D eigenvalue weighted by molar-refractivity contribution is -0.123. The molecule has 19 heavy (non-hydrogen) atoms. The highest BCUT2D eigenvalue weighted by molar-refractivity contribution is 5.83. The summed E-state index contributed by atoms with van der Waals surface area (Å²) >= 11 is 0. The summed E-state index contributed by atoms with van der Waals surface area (Å²) in [5.41, 5.74) is 7.65. The quantitative estimate of drug-likeness (QED) is 0.878. The van der Waals surface area contributed by atoms with Crippen LogP contribution in [0, 0.1) is 0 Å². The molecule has 3 nitrogen and oxygen atoms in total. The van der Waals surface area contributed by atoms with E-state index in [-0.39, 0.29) is 17.4 Å². The fraction of sp³-hybridized carbons (Fsp3) is 0.562. The Morgan fingerprint density at radius 2 is 2.00 bits per heavy atom. The van der Waals surface area contributed by atoms with Gasteiger partial charge >= 0.3 is 0 Å². The summed E-state index contributed by atoms with van der Waals surface area (Å²) < 4.78 is 0. The average molecular weight is 260 g/mol. The predicted molar refractivity (Wildman–Crippen MR) is 77.9 cm³/mol. The Labute approximate surface area is 115 Å². The molecule has 1 atom stereocenters. The number of benzene rings is 1. The summed E-state index contributed by atoms with van der Waals surface area (Å²) in [6.45, 7) is 8.25. The number of amides is 1. The maximum Gasteiger partial charge on any atom is 0.237 e. The first-order valence-electron chi connectivity index (χ1n) is 6.91. The number of hydrogen-bond donors (Lipinski definition) is 2. The van der Waals surface area contributed by atoms with Crippen LogP contribution in [0.5, 0.6) is 0 Å². The third kappa shape index (κ3) is 2.66.